The number of carboxylic acid groups (broad SMARTS) is 1. The number of hydrogen-bond acceptors (Lipinski definition) is 28. The molecule has 0 atom stereocenters. The molecule has 0 unspecified atom stereocenters. The number of aliphatic carboxylic acids is 1. The first-order valence-corrected chi connectivity index (χ1v) is 53.1. The number of fused-ring (bicyclic) bond motifs is 4. The largest absolute Gasteiger partial charge is 1.00 e. The van der Waals surface area contributed by atoms with E-state index < -0.39 is 46.1 Å². The van der Waals surface area contributed by atoms with Crippen LogP contribution in [-0.2, 0) is 71.0 Å². The van der Waals surface area contributed by atoms with Gasteiger partial charge in [0.25, 0.3) is 6.47 Å². The zero-order valence-electron chi connectivity index (χ0n) is 87.2. The Balaban J connectivity index is 0.000000586. The molecule has 25 nitrogen and oxygen atoms in total. The number of thiol groups is 1. The van der Waals surface area contributed by atoms with E-state index in [9.17, 15) is 24.3 Å². The molecule has 0 radical (unpaired) electrons. The maximum absolute atomic E-state index is 12.2. The number of carbonyl (C=O) groups is 5. The van der Waals surface area contributed by atoms with Gasteiger partial charge >= 0.3 is 148 Å². The Morgan fingerprint density at radius 1 is 0.436 bits per heavy atom. The van der Waals surface area contributed by atoms with Gasteiger partial charge in [0.05, 0.1) is 95.8 Å². The number of rotatable bonds is 18. The molecule has 0 saturated carbocycles. The molecule has 0 spiro atoms. The van der Waals surface area contributed by atoms with Gasteiger partial charge in [0, 0.05) is 113 Å². The van der Waals surface area contributed by atoms with E-state index >= 15 is 0 Å². The van der Waals surface area contributed by atoms with Gasteiger partial charge in [0.1, 0.15) is 43.3 Å². The van der Waals surface area contributed by atoms with Crippen LogP contribution in [0.15, 0.2) is 219 Å². The fraction of sp³-hybridized carbons (Fsp3) is 0.355. The summed E-state index contributed by atoms with van der Waals surface area (Å²) in [4.78, 5) is 77.4. The van der Waals surface area contributed by atoms with Gasteiger partial charge in [-0.15, -0.1) is 35.3 Å². The van der Waals surface area contributed by atoms with E-state index in [1.165, 1.54) is 49.6 Å². The minimum Gasteiger partial charge on any atom is -1.00 e. The fourth-order valence-corrected chi connectivity index (χ4v) is 19.1. The van der Waals surface area contributed by atoms with Crippen LogP contribution in [0.25, 0.3) is 65.3 Å². The van der Waals surface area contributed by atoms with Crippen molar-refractivity contribution in [2.45, 2.75) is 241 Å². The first-order chi connectivity index (χ1) is 67.7. The minimum absolute atomic E-state index is 0. The molecule has 0 amide bonds. The molecule has 15 rings (SSSR count). The van der Waals surface area contributed by atoms with Crippen LogP contribution in [0.1, 0.15) is 198 Å². The molecule has 3 fully saturated rings. The van der Waals surface area contributed by atoms with Crippen molar-refractivity contribution in [3.05, 3.63) is 254 Å². The Hall–Kier alpha value is -5.12. The van der Waals surface area contributed by atoms with Crippen LogP contribution < -0.4 is 113 Å². The molecule has 1 N–H and O–H groups in total. The molecule has 8 aromatic carbocycles. The smallest absolute Gasteiger partial charge is 1.00 e. The molecular weight excluding hydrogens is 2460 g/mol. The van der Waals surface area contributed by atoms with Crippen LogP contribution in [0.4, 0.5) is 0 Å². The maximum Gasteiger partial charge on any atom is 1.00 e. The van der Waals surface area contributed by atoms with Crippen molar-refractivity contribution in [3.63, 3.8) is 0 Å². The molecule has 0 bridgehead atoms. The van der Waals surface area contributed by atoms with Gasteiger partial charge in [0.15, 0.2) is 0 Å². The van der Waals surface area contributed by atoms with Crippen molar-refractivity contribution >= 4 is 271 Å². The summed E-state index contributed by atoms with van der Waals surface area (Å²) in [5.41, 5.74) is 3.99. The second kappa shape index (κ2) is 61.1. The fourth-order valence-electron chi connectivity index (χ4n) is 12.9. The van der Waals surface area contributed by atoms with Crippen molar-refractivity contribution < 1.29 is 186 Å². The normalized spacial score (nSPS) is 14.3. The van der Waals surface area contributed by atoms with E-state index in [1.54, 1.807) is 121 Å². The molecule has 3 aliphatic rings. The van der Waals surface area contributed by atoms with Crippen LogP contribution >= 0.6 is 171 Å². The van der Waals surface area contributed by atoms with Gasteiger partial charge in [-0.25, -0.2) is 0 Å². The van der Waals surface area contributed by atoms with Crippen molar-refractivity contribution in [1.29, 1.82) is 21.0 Å². The Kier molecular flexibility index (Phi) is 56.6. The number of esters is 3. The number of halogens is 8. The number of carbonyl (C=O) groups excluding carboxylic acids is 4. The van der Waals surface area contributed by atoms with E-state index in [4.69, 9.17) is 120 Å². The first kappa shape index (κ1) is 138. The predicted molar refractivity (Wildman–Crippen MR) is 620 cm³/mol. The number of nitrogens with zero attached hydrogens (tertiary/aromatic N) is 8. The van der Waals surface area contributed by atoms with E-state index in [1.807, 2.05) is 227 Å². The third-order valence-corrected chi connectivity index (χ3v) is 30.7. The molecule has 3 aliphatic heterocycles. The number of aromatic nitrogens is 4. The molecular formula is C107H119B3Br2Cl4I2K2N8O17S4. The van der Waals surface area contributed by atoms with Crippen LogP contribution in [0.5, 0.6) is 0 Å². The molecule has 12 aromatic rings. The monoisotopic (exact) mass is 2580 g/mol. The number of ether oxygens (including phenoxy) is 3. The Morgan fingerprint density at radius 2 is 0.718 bits per heavy atom. The Morgan fingerprint density at radius 3 is 1.03 bits per heavy atom. The molecule has 42 heteroatoms. The first-order valence-electron chi connectivity index (χ1n) is 44.9. The van der Waals surface area contributed by atoms with Gasteiger partial charge in [-0.3, -0.25) is 43.9 Å². The molecule has 780 valence electrons. The minimum atomic E-state index is -0.932. The van der Waals surface area contributed by atoms with E-state index in [-0.39, 0.29) is 177 Å². The Labute approximate surface area is 1040 Å². The van der Waals surface area contributed by atoms with Gasteiger partial charge in [0.2, 0.25) is 0 Å². The number of benzene rings is 8. The molecule has 0 aliphatic carbocycles. The Bertz CT molecular complexity index is 6790. The summed E-state index contributed by atoms with van der Waals surface area (Å²) < 4.78 is 52.1. The number of hydrogen-bond donors (Lipinski definition) is 2. The molecule has 149 heavy (non-hydrogen) atoms. The topological polar surface area (TPSA) is 368 Å². The van der Waals surface area contributed by atoms with Gasteiger partial charge in [-0.05, 0) is 346 Å². The standard InChI is InChI=1S/C22H19ClN2O2S.C20H15ClN2O2S.C15H16INO2S.C13H15BClNO2.C12H24B2O4.C9H5BrIN.C7H3BrClN.C6H12O2S.CH2O3.2CH4.2K.H/c1-4-27-21(26)22(2,3)28-17-8-7-16-12-25-13-19(18(16)10-17)14-5-6-15(11-24)20(23)9-14;1-20(2,19(24)25)26-15-6-5-14-10-23-11-17(16(14)8-15)12-3-4-13(9-22)18(21)7-12;1-4-19-14(18)15(2,3)20-11-6-5-10-8-17-9-13(16)12(10)7-11;1-12(2)13(3,4)18-14(17-12)10-6-5-9(8-16)11(15)7-10;1-9(2)10(3,4)16-13(15-9)14-17-11(5,6)12(7,8)18-14;10-7-2-1-6-4-12-5-9(11)8(6)3-7;8-6-2-1-5(4-10)7(9)3-6;1-4-8-5(7)6(2,3)9;2-1-4-3;;;;;/h5-10,12-13H,4H2,1-3H3;3-8,10-11H,1-2H3,(H,24,25);5-9H,4H2,1-3H3;5-7H,1-4H3;1-8H3;1-5H;1-3H;9H,4H2,1-3H3;1,3H;2*1H4;;;/q;;;;;;;;;;;2*+1;-1/p-1. The number of carboxylic acids is 1. The van der Waals surface area contributed by atoms with E-state index in [0.717, 1.165) is 87.2 Å². The number of nitriles is 4. The van der Waals surface area contributed by atoms with Crippen molar-refractivity contribution in [2.24, 2.45) is 0 Å². The summed E-state index contributed by atoms with van der Waals surface area (Å²) in [5.74, 6) is -1.56. The molecule has 4 aromatic heterocycles. The SMILES string of the molecule is Brc1ccc2cncc(I)c2c1.C.C.CC(C)(Sc1ccc2cncc(-c3ccc(C#N)c(Cl)c3)c2c1)C(=O)O.CC1(C)OB(B2OC(C)(C)C(C)(C)O2)OC1(C)C.CC1(C)OB(c2ccc(C#N)c(Cl)c2)OC1(C)C.CCOC(=O)C(C)(C)S.CCOC(=O)C(C)(C)Sc1ccc2cncc(-c3ccc(C#N)c(Cl)c3)c2c1.CCOC(=O)C(C)(C)Sc1ccc2cncc(I)c2c1.N#Cc1ccc(Br)cc1Cl.O=CO[O-].[H-].[K+].[K+]. The van der Waals surface area contributed by atoms with Crippen LogP contribution in [0.2, 0.25) is 20.1 Å². The van der Waals surface area contributed by atoms with Gasteiger partial charge < -0.3 is 58.8 Å². The summed E-state index contributed by atoms with van der Waals surface area (Å²) >= 11 is 43.6. The van der Waals surface area contributed by atoms with E-state index in [2.05, 4.69) is 145 Å². The zero-order chi connectivity index (χ0) is 109. The average Bonchev–Trinajstić information content (AvgIpc) is 1.56. The summed E-state index contributed by atoms with van der Waals surface area (Å²) in [6, 6.07) is 53.3. The maximum atomic E-state index is 12.2. The van der Waals surface area contributed by atoms with Gasteiger partial charge in [-0.2, -0.15) is 33.7 Å². The van der Waals surface area contributed by atoms with Crippen molar-refractivity contribution in [3.8, 4) is 46.5 Å². The van der Waals surface area contributed by atoms with Gasteiger partial charge in [-0.1, -0.05) is 136 Å². The summed E-state index contributed by atoms with van der Waals surface area (Å²) in [6.07, 6.45) is 14.5. The summed E-state index contributed by atoms with van der Waals surface area (Å²) in [5, 5.41) is 63.5. The van der Waals surface area contributed by atoms with Crippen molar-refractivity contribution in [2.75, 3.05) is 19.8 Å². The van der Waals surface area contributed by atoms with E-state index in [0.29, 0.717) is 62.2 Å². The second-order valence-electron chi connectivity index (χ2n) is 37.2. The molecule has 3 saturated heterocycles. The summed E-state index contributed by atoms with van der Waals surface area (Å²) in [6.45, 7) is 44.8. The number of thioether (sulfide) groups is 3. The molecule has 7 heterocycles. The van der Waals surface area contributed by atoms with Crippen LogP contribution in [0.3, 0.4) is 0 Å². The summed E-state index contributed by atoms with van der Waals surface area (Å²) in [7, 11) is -1.40. The zero-order valence-corrected chi connectivity index (χ0v) is 106. The van der Waals surface area contributed by atoms with Crippen LogP contribution in [-0.4, -0.2) is 149 Å². The predicted octanol–water partition coefficient (Wildman–Crippen LogP) is 21.9. The number of pyridine rings is 4. The average molecular weight is 2580 g/mol. The third kappa shape index (κ3) is 39.2. The second-order valence-corrected chi connectivity index (χ2v) is 49.2. The van der Waals surface area contributed by atoms with Crippen LogP contribution in [0, 0.1) is 52.5 Å². The third-order valence-electron chi connectivity index (χ3n) is 23.1. The quantitative estimate of drug-likeness (QED) is 0.00927. The van der Waals surface area contributed by atoms with Crippen molar-refractivity contribution in [1.82, 2.24) is 19.9 Å².